The number of nitrogens with one attached hydrogen (secondary N) is 1. The van der Waals surface area contributed by atoms with Crippen molar-refractivity contribution >= 4 is 29.3 Å². The number of aryl methyl sites for hydroxylation is 2. The third-order valence-electron chi connectivity index (χ3n) is 3.82. The molecule has 0 aliphatic rings. The van der Waals surface area contributed by atoms with Gasteiger partial charge in [-0.3, -0.25) is 4.79 Å². The molecule has 24 heavy (non-hydrogen) atoms. The first-order chi connectivity index (χ1) is 11.4. The van der Waals surface area contributed by atoms with Crippen LogP contribution in [0.4, 0.5) is 4.39 Å². The minimum atomic E-state index is -0.334. The SMILES string of the molecule is Cc1ccc(C)c([C@@H](C)NC(=O)CSCc2c(F)cccc2Cl)c1. The first-order valence-electron chi connectivity index (χ1n) is 7.75. The molecule has 0 saturated carbocycles. The average Bonchev–Trinajstić information content (AvgIpc) is 2.52. The molecule has 0 aliphatic carbocycles. The van der Waals surface area contributed by atoms with Crippen LogP contribution >= 0.6 is 23.4 Å². The molecule has 1 amide bonds. The summed E-state index contributed by atoms with van der Waals surface area (Å²) in [4.78, 5) is 12.1. The van der Waals surface area contributed by atoms with E-state index < -0.39 is 0 Å². The Morgan fingerprint density at radius 1 is 1.29 bits per heavy atom. The highest BCUT2D eigenvalue weighted by molar-refractivity contribution is 7.99. The van der Waals surface area contributed by atoms with Crippen LogP contribution in [0.25, 0.3) is 0 Å². The monoisotopic (exact) mass is 365 g/mol. The summed E-state index contributed by atoms with van der Waals surface area (Å²) in [5, 5.41) is 3.39. The summed E-state index contributed by atoms with van der Waals surface area (Å²) in [6.07, 6.45) is 0. The van der Waals surface area contributed by atoms with Crippen LogP contribution in [0.5, 0.6) is 0 Å². The molecule has 0 aromatic heterocycles. The lowest BCUT2D eigenvalue weighted by molar-refractivity contribution is -0.119. The van der Waals surface area contributed by atoms with Gasteiger partial charge in [0, 0.05) is 16.3 Å². The Labute approximate surface area is 151 Å². The average molecular weight is 366 g/mol. The van der Waals surface area contributed by atoms with Crippen molar-refractivity contribution in [3.05, 3.63) is 69.5 Å². The van der Waals surface area contributed by atoms with Gasteiger partial charge in [0.2, 0.25) is 5.91 Å². The Balaban J connectivity index is 1.88. The molecule has 0 fully saturated rings. The van der Waals surface area contributed by atoms with Crippen LogP contribution in [0.1, 0.15) is 35.2 Å². The standard InChI is InChI=1S/C19H21ClFNOS/c1-12-7-8-13(2)15(9-12)14(3)22-19(23)11-24-10-16-17(20)5-4-6-18(16)21/h4-9,14H,10-11H2,1-3H3,(H,22,23)/t14-/m1/s1. The van der Waals surface area contributed by atoms with Crippen LogP contribution < -0.4 is 5.32 Å². The summed E-state index contributed by atoms with van der Waals surface area (Å²) in [6, 6.07) is 10.8. The van der Waals surface area contributed by atoms with Crippen molar-refractivity contribution in [2.75, 3.05) is 5.75 Å². The number of amides is 1. The van der Waals surface area contributed by atoms with Gasteiger partial charge in [-0.25, -0.2) is 4.39 Å². The normalized spacial score (nSPS) is 12.0. The van der Waals surface area contributed by atoms with Crippen LogP contribution in [-0.4, -0.2) is 11.7 Å². The van der Waals surface area contributed by atoms with E-state index in [0.717, 1.165) is 11.1 Å². The van der Waals surface area contributed by atoms with Crippen molar-refractivity contribution in [2.45, 2.75) is 32.6 Å². The van der Waals surface area contributed by atoms with E-state index in [1.165, 1.54) is 23.4 Å². The van der Waals surface area contributed by atoms with Crippen molar-refractivity contribution in [3.8, 4) is 0 Å². The summed E-state index contributed by atoms with van der Waals surface area (Å²) >= 11 is 7.34. The predicted molar refractivity (Wildman–Crippen MR) is 100 cm³/mol. The number of benzene rings is 2. The summed E-state index contributed by atoms with van der Waals surface area (Å²) in [5.41, 5.74) is 3.88. The minimum absolute atomic E-state index is 0.0601. The van der Waals surface area contributed by atoms with Gasteiger partial charge in [-0.05, 0) is 44.0 Å². The lowest BCUT2D eigenvalue weighted by Gasteiger charge is -2.17. The second-order valence-corrected chi connectivity index (χ2v) is 7.24. The number of hydrogen-bond donors (Lipinski definition) is 1. The molecule has 2 aromatic carbocycles. The van der Waals surface area contributed by atoms with Gasteiger partial charge in [-0.2, -0.15) is 0 Å². The molecular formula is C19H21ClFNOS. The molecule has 2 aromatic rings. The Bertz CT molecular complexity index is 715. The number of hydrogen-bond acceptors (Lipinski definition) is 2. The molecule has 0 saturated heterocycles. The fourth-order valence-corrected chi connectivity index (χ4v) is 3.68. The van der Waals surface area contributed by atoms with Crippen molar-refractivity contribution in [1.82, 2.24) is 5.32 Å². The summed E-state index contributed by atoms with van der Waals surface area (Å²) in [6.45, 7) is 6.04. The third-order valence-corrected chi connectivity index (χ3v) is 5.13. The molecule has 0 aliphatic heterocycles. The summed E-state index contributed by atoms with van der Waals surface area (Å²) in [7, 11) is 0. The summed E-state index contributed by atoms with van der Waals surface area (Å²) < 4.78 is 13.7. The van der Waals surface area contributed by atoms with E-state index in [2.05, 4.69) is 23.5 Å². The van der Waals surface area contributed by atoms with Gasteiger partial charge in [-0.15, -0.1) is 11.8 Å². The van der Waals surface area contributed by atoms with E-state index in [1.54, 1.807) is 12.1 Å². The van der Waals surface area contributed by atoms with E-state index in [1.807, 2.05) is 20.8 Å². The lowest BCUT2D eigenvalue weighted by atomic mass is 10.00. The van der Waals surface area contributed by atoms with E-state index >= 15 is 0 Å². The quantitative estimate of drug-likeness (QED) is 0.761. The fourth-order valence-electron chi connectivity index (χ4n) is 2.50. The minimum Gasteiger partial charge on any atom is -0.349 e. The van der Waals surface area contributed by atoms with E-state index in [4.69, 9.17) is 11.6 Å². The van der Waals surface area contributed by atoms with Crippen LogP contribution in [0.2, 0.25) is 5.02 Å². The molecule has 0 spiro atoms. The zero-order valence-corrected chi connectivity index (χ0v) is 15.6. The van der Waals surface area contributed by atoms with E-state index in [0.29, 0.717) is 16.3 Å². The van der Waals surface area contributed by atoms with Gasteiger partial charge in [0.1, 0.15) is 5.82 Å². The maximum absolute atomic E-state index is 13.7. The molecule has 0 radical (unpaired) electrons. The largest absolute Gasteiger partial charge is 0.349 e. The van der Waals surface area contributed by atoms with Crippen LogP contribution in [-0.2, 0) is 10.5 Å². The van der Waals surface area contributed by atoms with Crippen LogP contribution in [0, 0.1) is 19.7 Å². The first-order valence-corrected chi connectivity index (χ1v) is 9.29. The van der Waals surface area contributed by atoms with Crippen molar-refractivity contribution < 1.29 is 9.18 Å². The maximum atomic E-state index is 13.7. The molecule has 5 heteroatoms. The number of halogens is 2. The molecular weight excluding hydrogens is 345 g/mol. The van der Waals surface area contributed by atoms with Crippen LogP contribution in [0.15, 0.2) is 36.4 Å². The van der Waals surface area contributed by atoms with Gasteiger partial charge >= 0.3 is 0 Å². The molecule has 2 rings (SSSR count). The maximum Gasteiger partial charge on any atom is 0.230 e. The second kappa shape index (κ2) is 8.54. The number of carbonyl (C=O) groups is 1. The topological polar surface area (TPSA) is 29.1 Å². The van der Waals surface area contributed by atoms with E-state index in [9.17, 15) is 9.18 Å². The van der Waals surface area contributed by atoms with Crippen molar-refractivity contribution in [3.63, 3.8) is 0 Å². The molecule has 1 N–H and O–H groups in total. The van der Waals surface area contributed by atoms with Crippen molar-refractivity contribution in [1.29, 1.82) is 0 Å². The van der Waals surface area contributed by atoms with Gasteiger partial charge in [0.15, 0.2) is 0 Å². The van der Waals surface area contributed by atoms with Crippen molar-refractivity contribution in [2.24, 2.45) is 0 Å². The first kappa shape index (κ1) is 18.8. The lowest BCUT2D eigenvalue weighted by Crippen LogP contribution is -2.28. The number of thioether (sulfide) groups is 1. The van der Waals surface area contributed by atoms with Gasteiger partial charge in [0.25, 0.3) is 0 Å². The molecule has 128 valence electrons. The number of rotatable bonds is 6. The van der Waals surface area contributed by atoms with E-state index in [-0.39, 0.29) is 23.5 Å². The Morgan fingerprint density at radius 3 is 2.75 bits per heavy atom. The Kier molecular flexibility index (Phi) is 6.69. The smallest absolute Gasteiger partial charge is 0.230 e. The van der Waals surface area contributed by atoms with Gasteiger partial charge in [-0.1, -0.05) is 41.4 Å². The zero-order chi connectivity index (χ0) is 17.7. The number of carbonyl (C=O) groups excluding carboxylic acids is 1. The molecule has 0 unspecified atom stereocenters. The predicted octanol–water partition coefficient (Wildman–Crippen LogP) is 5.21. The zero-order valence-electron chi connectivity index (χ0n) is 14.0. The highest BCUT2D eigenvalue weighted by atomic mass is 35.5. The second-order valence-electron chi connectivity index (χ2n) is 5.84. The Morgan fingerprint density at radius 2 is 2.04 bits per heavy atom. The molecule has 0 bridgehead atoms. The highest BCUT2D eigenvalue weighted by Crippen LogP contribution is 2.24. The van der Waals surface area contributed by atoms with Gasteiger partial charge < -0.3 is 5.32 Å². The Hall–Kier alpha value is -1.52. The van der Waals surface area contributed by atoms with Gasteiger partial charge in [0.05, 0.1) is 11.8 Å². The molecule has 0 heterocycles. The molecule has 1 atom stereocenters. The van der Waals surface area contributed by atoms with Crippen LogP contribution in [0.3, 0.4) is 0 Å². The third kappa shape index (κ3) is 4.99. The summed E-state index contributed by atoms with van der Waals surface area (Å²) in [5.74, 6) is 0.233. The molecule has 2 nitrogen and oxygen atoms in total. The fraction of sp³-hybridized carbons (Fsp3) is 0.316. The highest BCUT2D eigenvalue weighted by Gasteiger charge is 2.13.